The first-order valence-corrected chi connectivity index (χ1v) is 3.35. The average molecular weight is 141 g/mol. The normalized spacial score (nSPS) is 8.29. The topological polar surface area (TPSA) is 26.3 Å². The third-order valence-corrected chi connectivity index (χ3v) is 0.753. The highest BCUT2D eigenvalue weighted by atomic mass is 35.5. The summed E-state index contributed by atoms with van der Waals surface area (Å²) in [6.45, 7) is 0. The van der Waals surface area contributed by atoms with Crippen molar-refractivity contribution in [1.82, 2.24) is 0 Å². The van der Waals surface area contributed by atoms with Crippen molar-refractivity contribution in [2.45, 2.75) is 0 Å². The molecule has 0 heterocycles. The van der Waals surface area contributed by atoms with Crippen LogP contribution in [0.25, 0.3) is 0 Å². The Bertz CT molecular complexity index is 66.0. The molecule has 0 saturated carbocycles. The maximum atomic E-state index is 9.73. The van der Waals surface area contributed by atoms with Gasteiger partial charge < -0.3 is 4.74 Å². The van der Waals surface area contributed by atoms with Gasteiger partial charge in [0.1, 0.15) is 5.94 Å². The van der Waals surface area contributed by atoms with E-state index in [1.807, 2.05) is 6.26 Å². The molecule has 0 aliphatic rings. The number of carbonyl (C=O) groups excluding carboxylic acids is 1. The second-order valence-corrected chi connectivity index (χ2v) is 1.91. The third-order valence-electron chi connectivity index (χ3n) is 0.290. The fourth-order valence-corrected chi connectivity index (χ4v) is 0.449. The van der Waals surface area contributed by atoms with E-state index in [1.165, 1.54) is 11.8 Å². The highest BCUT2D eigenvalue weighted by Crippen LogP contribution is 1.94. The smallest absolute Gasteiger partial charge is 0.404 e. The molecular formula is C3H5ClO2S. The number of hydrogen-bond acceptors (Lipinski definition) is 3. The van der Waals surface area contributed by atoms with Gasteiger partial charge in [-0.3, -0.25) is 0 Å². The largest absolute Gasteiger partial charge is 0.443 e. The summed E-state index contributed by atoms with van der Waals surface area (Å²) in [4.78, 5) is 9.73. The molecular weight excluding hydrogens is 136 g/mol. The van der Waals surface area contributed by atoms with Gasteiger partial charge in [0, 0.05) is 11.6 Å². The lowest BCUT2D eigenvalue weighted by atomic mass is 11.5. The standard InChI is InChI=1S/C3H5ClO2S/c1-7-2-6-3(4)5/h2H2,1H3. The average Bonchev–Trinajstić information content (AvgIpc) is 1.61. The van der Waals surface area contributed by atoms with E-state index >= 15 is 0 Å². The molecule has 0 aliphatic heterocycles. The van der Waals surface area contributed by atoms with Crippen LogP contribution < -0.4 is 0 Å². The number of halogens is 1. The van der Waals surface area contributed by atoms with E-state index in [4.69, 9.17) is 11.6 Å². The van der Waals surface area contributed by atoms with Crippen molar-refractivity contribution < 1.29 is 9.53 Å². The van der Waals surface area contributed by atoms with Crippen LogP contribution in [-0.4, -0.2) is 17.6 Å². The van der Waals surface area contributed by atoms with Crippen LogP contribution in [0.3, 0.4) is 0 Å². The molecule has 0 aliphatic carbocycles. The zero-order chi connectivity index (χ0) is 5.70. The van der Waals surface area contributed by atoms with Crippen LogP contribution in [0.4, 0.5) is 4.79 Å². The molecule has 0 fully saturated rings. The van der Waals surface area contributed by atoms with Gasteiger partial charge in [-0.2, -0.15) is 0 Å². The fraction of sp³-hybridized carbons (Fsp3) is 0.667. The summed E-state index contributed by atoms with van der Waals surface area (Å²) in [6.07, 6.45) is 1.82. The van der Waals surface area contributed by atoms with Gasteiger partial charge in [-0.1, -0.05) is 0 Å². The van der Waals surface area contributed by atoms with Crippen LogP contribution >= 0.6 is 23.4 Å². The van der Waals surface area contributed by atoms with Crippen molar-refractivity contribution >= 4 is 28.8 Å². The third kappa shape index (κ3) is 6.11. The summed E-state index contributed by atoms with van der Waals surface area (Å²) < 4.78 is 4.28. The Balaban J connectivity index is 2.82. The quantitative estimate of drug-likeness (QED) is 0.431. The van der Waals surface area contributed by atoms with Crippen molar-refractivity contribution in [1.29, 1.82) is 0 Å². The lowest BCUT2D eigenvalue weighted by molar-refractivity contribution is 0.193. The Hall–Kier alpha value is 0.110. The molecule has 0 bridgehead atoms. The first-order valence-electron chi connectivity index (χ1n) is 1.58. The van der Waals surface area contributed by atoms with E-state index in [-0.39, 0.29) is 0 Å². The summed E-state index contributed by atoms with van der Waals surface area (Å²) >= 11 is 6.18. The Morgan fingerprint density at radius 2 is 2.57 bits per heavy atom. The van der Waals surface area contributed by atoms with Crippen LogP contribution in [0.1, 0.15) is 0 Å². The first kappa shape index (κ1) is 7.11. The number of carbonyl (C=O) groups is 1. The van der Waals surface area contributed by atoms with E-state index in [1.54, 1.807) is 0 Å². The Morgan fingerprint density at radius 3 is 2.71 bits per heavy atom. The summed E-state index contributed by atoms with van der Waals surface area (Å²) in [5.74, 6) is 0.336. The van der Waals surface area contributed by atoms with Gasteiger partial charge in [0.05, 0.1) is 0 Å². The van der Waals surface area contributed by atoms with E-state index in [9.17, 15) is 4.79 Å². The molecule has 42 valence electrons. The molecule has 0 aromatic heterocycles. The van der Waals surface area contributed by atoms with E-state index < -0.39 is 5.43 Å². The minimum Gasteiger partial charge on any atom is -0.443 e. The Kier molecular flexibility index (Phi) is 4.34. The molecule has 0 N–H and O–H groups in total. The van der Waals surface area contributed by atoms with Crippen molar-refractivity contribution in [3.05, 3.63) is 0 Å². The second-order valence-electron chi connectivity index (χ2n) is 0.789. The molecule has 0 aromatic rings. The maximum Gasteiger partial charge on any atom is 0.404 e. The van der Waals surface area contributed by atoms with E-state index in [0.29, 0.717) is 5.94 Å². The minimum atomic E-state index is -0.741. The van der Waals surface area contributed by atoms with E-state index in [0.717, 1.165) is 0 Å². The van der Waals surface area contributed by atoms with Gasteiger partial charge in [-0.15, -0.1) is 11.8 Å². The lowest BCUT2D eigenvalue weighted by Crippen LogP contribution is -1.89. The highest BCUT2D eigenvalue weighted by molar-refractivity contribution is 7.98. The summed E-state index contributed by atoms with van der Waals surface area (Å²) in [7, 11) is 0. The van der Waals surface area contributed by atoms with Crippen LogP contribution in [0, 0.1) is 0 Å². The molecule has 0 radical (unpaired) electrons. The monoisotopic (exact) mass is 140 g/mol. The SMILES string of the molecule is CSCOC(=O)Cl. The molecule has 0 amide bonds. The van der Waals surface area contributed by atoms with Crippen molar-refractivity contribution in [2.75, 3.05) is 12.2 Å². The Labute approximate surface area is 51.2 Å². The number of thioether (sulfide) groups is 1. The minimum absolute atomic E-state index is 0.336. The second kappa shape index (κ2) is 4.27. The van der Waals surface area contributed by atoms with Crippen LogP contribution in [0.5, 0.6) is 0 Å². The number of hydrogen-bond donors (Lipinski definition) is 0. The number of rotatable bonds is 2. The lowest BCUT2D eigenvalue weighted by Gasteiger charge is -1.91. The van der Waals surface area contributed by atoms with Crippen molar-refractivity contribution in [2.24, 2.45) is 0 Å². The van der Waals surface area contributed by atoms with Crippen molar-refractivity contribution in [3.8, 4) is 0 Å². The molecule has 0 saturated heterocycles. The molecule has 0 aromatic carbocycles. The zero-order valence-electron chi connectivity index (χ0n) is 3.81. The van der Waals surface area contributed by atoms with Gasteiger partial charge in [0.2, 0.25) is 0 Å². The van der Waals surface area contributed by atoms with Crippen LogP contribution in [0.2, 0.25) is 0 Å². The zero-order valence-corrected chi connectivity index (χ0v) is 5.38. The molecule has 7 heavy (non-hydrogen) atoms. The summed E-state index contributed by atoms with van der Waals surface area (Å²) in [5, 5.41) is 0. The summed E-state index contributed by atoms with van der Waals surface area (Å²) in [6, 6.07) is 0. The van der Waals surface area contributed by atoms with Gasteiger partial charge in [-0.05, 0) is 6.26 Å². The van der Waals surface area contributed by atoms with Gasteiger partial charge in [-0.25, -0.2) is 4.79 Å². The molecule has 2 nitrogen and oxygen atoms in total. The van der Waals surface area contributed by atoms with Gasteiger partial charge in [0.25, 0.3) is 0 Å². The van der Waals surface area contributed by atoms with Crippen molar-refractivity contribution in [3.63, 3.8) is 0 Å². The van der Waals surface area contributed by atoms with Gasteiger partial charge >= 0.3 is 5.43 Å². The predicted octanol–water partition coefficient (Wildman–Crippen LogP) is 1.68. The maximum absolute atomic E-state index is 9.73. The first-order chi connectivity index (χ1) is 3.27. The number of ether oxygens (including phenoxy) is 1. The molecule has 0 rings (SSSR count). The molecule has 0 spiro atoms. The molecule has 0 atom stereocenters. The highest BCUT2D eigenvalue weighted by Gasteiger charge is 1.89. The molecule has 4 heteroatoms. The van der Waals surface area contributed by atoms with Gasteiger partial charge in [0.15, 0.2) is 0 Å². The molecule has 0 unspecified atom stereocenters. The van der Waals surface area contributed by atoms with E-state index in [2.05, 4.69) is 4.74 Å². The predicted molar refractivity (Wildman–Crippen MR) is 30.7 cm³/mol. The van der Waals surface area contributed by atoms with Crippen LogP contribution in [-0.2, 0) is 4.74 Å². The Morgan fingerprint density at radius 1 is 2.00 bits per heavy atom. The van der Waals surface area contributed by atoms with Crippen LogP contribution in [0.15, 0.2) is 0 Å². The summed E-state index contributed by atoms with van der Waals surface area (Å²) in [5.41, 5.74) is -0.741. The fourth-order valence-electron chi connectivity index (χ4n) is 0.105.